The molecule has 0 bridgehead atoms. The zero-order valence-electron chi connectivity index (χ0n) is 18.3. The second-order valence-electron chi connectivity index (χ2n) is 8.15. The summed E-state index contributed by atoms with van der Waals surface area (Å²) in [5.74, 6) is -2.46. The standard InChI is InChI=1S/C22H27N3O6S/c1-5-31-14(26)11-12(2)23-15(13-9-7-6-8-10-13)18(27)24-16-19(28)25-17(21(29)30)22(3,4)32-20(16)25/h6-11,15-17,20,23H,5H2,1-4H3,(H,24,27)(H,29,30)/b12-11+/t15?,16?,17-,20+/m0/s1. The lowest BCUT2D eigenvalue weighted by molar-refractivity contribution is -0.161. The van der Waals surface area contributed by atoms with E-state index in [0.717, 1.165) is 0 Å². The maximum atomic E-state index is 13.2. The summed E-state index contributed by atoms with van der Waals surface area (Å²) in [7, 11) is 0. The van der Waals surface area contributed by atoms with Crippen molar-refractivity contribution in [1.82, 2.24) is 15.5 Å². The zero-order chi connectivity index (χ0) is 23.6. The van der Waals surface area contributed by atoms with Crippen LogP contribution in [0.4, 0.5) is 0 Å². The molecule has 1 aromatic rings. The van der Waals surface area contributed by atoms with Gasteiger partial charge >= 0.3 is 11.9 Å². The molecule has 2 aliphatic heterocycles. The number of benzene rings is 1. The molecular formula is C22H27N3O6S. The molecule has 0 saturated carbocycles. The monoisotopic (exact) mass is 461 g/mol. The van der Waals surface area contributed by atoms with Crippen LogP contribution in [-0.2, 0) is 23.9 Å². The van der Waals surface area contributed by atoms with E-state index in [0.29, 0.717) is 11.3 Å². The lowest BCUT2D eigenvalue weighted by atomic mass is 9.95. The van der Waals surface area contributed by atoms with Gasteiger partial charge in [-0.25, -0.2) is 9.59 Å². The van der Waals surface area contributed by atoms with Gasteiger partial charge in [-0.2, -0.15) is 0 Å². The third-order valence-electron chi connectivity index (χ3n) is 5.36. The number of fused-ring (bicyclic) bond motifs is 1. The number of esters is 1. The largest absolute Gasteiger partial charge is 0.480 e. The number of amides is 2. The van der Waals surface area contributed by atoms with Crippen molar-refractivity contribution >= 4 is 35.5 Å². The maximum absolute atomic E-state index is 13.2. The fourth-order valence-electron chi connectivity index (χ4n) is 3.96. The van der Waals surface area contributed by atoms with Crippen molar-refractivity contribution in [2.24, 2.45) is 0 Å². The van der Waals surface area contributed by atoms with E-state index < -0.39 is 52.0 Å². The van der Waals surface area contributed by atoms with E-state index in [-0.39, 0.29) is 6.61 Å². The number of ether oxygens (including phenoxy) is 1. The van der Waals surface area contributed by atoms with Crippen LogP contribution in [0.15, 0.2) is 42.1 Å². The predicted molar refractivity (Wildman–Crippen MR) is 118 cm³/mol. The van der Waals surface area contributed by atoms with Gasteiger partial charge in [-0.15, -0.1) is 11.8 Å². The fourth-order valence-corrected chi connectivity index (χ4v) is 5.58. The van der Waals surface area contributed by atoms with Crippen LogP contribution in [-0.4, -0.2) is 62.6 Å². The number of nitrogens with zero attached hydrogens (tertiary/aromatic N) is 1. The molecule has 0 aliphatic carbocycles. The number of rotatable bonds is 8. The van der Waals surface area contributed by atoms with Crippen molar-refractivity contribution < 1.29 is 29.0 Å². The van der Waals surface area contributed by atoms with Gasteiger partial charge < -0.3 is 25.4 Å². The molecule has 32 heavy (non-hydrogen) atoms. The molecule has 2 fully saturated rings. The highest BCUT2D eigenvalue weighted by Crippen LogP contribution is 2.50. The second-order valence-corrected chi connectivity index (χ2v) is 9.92. The van der Waals surface area contributed by atoms with Crippen molar-refractivity contribution in [3.63, 3.8) is 0 Å². The van der Waals surface area contributed by atoms with Crippen molar-refractivity contribution in [2.45, 2.75) is 55.9 Å². The quantitative estimate of drug-likeness (QED) is 0.302. The average molecular weight is 462 g/mol. The van der Waals surface area contributed by atoms with Crippen LogP contribution in [0.3, 0.4) is 0 Å². The molecule has 2 unspecified atom stereocenters. The number of nitrogens with one attached hydrogen (secondary N) is 2. The van der Waals surface area contributed by atoms with Crippen LogP contribution in [0.2, 0.25) is 0 Å². The summed E-state index contributed by atoms with van der Waals surface area (Å²) in [5.41, 5.74) is 1.07. The van der Waals surface area contributed by atoms with Crippen LogP contribution in [0.25, 0.3) is 0 Å². The van der Waals surface area contributed by atoms with E-state index in [2.05, 4.69) is 10.6 Å². The minimum Gasteiger partial charge on any atom is -0.480 e. The fraction of sp³-hybridized carbons (Fsp3) is 0.455. The molecule has 1 aromatic carbocycles. The summed E-state index contributed by atoms with van der Waals surface area (Å²) < 4.78 is 4.23. The first-order valence-corrected chi connectivity index (χ1v) is 11.1. The number of aliphatic carboxylic acids is 1. The maximum Gasteiger partial charge on any atom is 0.332 e. The average Bonchev–Trinajstić information content (AvgIpc) is 2.98. The van der Waals surface area contributed by atoms with Gasteiger partial charge in [0.25, 0.3) is 0 Å². The zero-order valence-corrected chi connectivity index (χ0v) is 19.1. The van der Waals surface area contributed by atoms with Crippen molar-refractivity contribution in [1.29, 1.82) is 0 Å². The molecule has 4 atom stereocenters. The molecule has 0 aromatic heterocycles. The molecule has 0 spiro atoms. The molecule has 9 nitrogen and oxygen atoms in total. The molecule has 3 rings (SSSR count). The summed E-state index contributed by atoms with van der Waals surface area (Å²) >= 11 is 1.36. The Morgan fingerprint density at radius 1 is 1.28 bits per heavy atom. The van der Waals surface area contributed by atoms with Crippen LogP contribution < -0.4 is 10.6 Å². The summed E-state index contributed by atoms with van der Waals surface area (Å²) in [4.78, 5) is 50.7. The van der Waals surface area contributed by atoms with Gasteiger partial charge in [-0.05, 0) is 33.3 Å². The van der Waals surface area contributed by atoms with Gasteiger partial charge in [0.05, 0.1) is 6.61 Å². The van der Waals surface area contributed by atoms with Crippen molar-refractivity contribution in [3.8, 4) is 0 Å². The molecule has 3 N–H and O–H groups in total. The first kappa shape index (κ1) is 23.6. The second kappa shape index (κ2) is 9.23. The molecule has 2 heterocycles. The number of thioether (sulfide) groups is 1. The number of carbonyl (C=O) groups excluding carboxylic acids is 3. The SMILES string of the molecule is CCOC(=O)/C=C(\C)NC(C(=O)NC1C(=O)N2[C@@H]1SC(C)(C)[C@@H]2C(=O)O)c1ccccc1. The number of carboxylic acids is 1. The van der Waals surface area contributed by atoms with Crippen molar-refractivity contribution in [2.75, 3.05) is 6.61 Å². The normalized spacial score (nSPS) is 24.8. The number of carbonyl (C=O) groups is 4. The molecule has 0 radical (unpaired) electrons. The van der Waals surface area contributed by atoms with Crippen LogP contribution in [0.1, 0.15) is 39.3 Å². The van der Waals surface area contributed by atoms with Crippen LogP contribution >= 0.6 is 11.8 Å². The Morgan fingerprint density at radius 3 is 2.53 bits per heavy atom. The first-order chi connectivity index (χ1) is 15.1. The Kier molecular flexibility index (Phi) is 6.82. The Hall–Kier alpha value is -3.01. The van der Waals surface area contributed by atoms with Gasteiger partial charge in [0.1, 0.15) is 23.5 Å². The lowest BCUT2D eigenvalue weighted by Crippen LogP contribution is -2.71. The summed E-state index contributed by atoms with van der Waals surface area (Å²) in [5, 5.41) is 14.9. The van der Waals surface area contributed by atoms with E-state index in [4.69, 9.17) is 4.74 Å². The van der Waals surface area contributed by atoms with Gasteiger partial charge in [-0.1, -0.05) is 30.3 Å². The van der Waals surface area contributed by atoms with Gasteiger partial charge in [0.2, 0.25) is 11.8 Å². The summed E-state index contributed by atoms with van der Waals surface area (Å²) in [6, 6.07) is 6.27. The Bertz CT molecular complexity index is 948. The van der Waals surface area contributed by atoms with Crippen LogP contribution in [0, 0.1) is 0 Å². The minimum atomic E-state index is -1.06. The molecular weight excluding hydrogens is 434 g/mol. The number of carboxylic acid groups (broad SMARTS) is 1. The highest BCUT2D eigenvalue weighted by Gasteiger charge is 2.64. The highest BCUT2D eigenvalue weighted by molar-refractivity contribution is 8.01. The number of allylic oxidation sites excluding steroid dienone is 1. The number of β-lactam (4-membered cyclic amide) rings is 1. The Balaban J connectivity index is 1.77. The summed E-state index contributed by atoms with van der Waals surface area (Å²) in [6.07, 6.45) is 1.26. The molecule has 2 saturated heterocycles. The number of hydrogen-bond acceptors (Lipinski definition) is 7. The van der Waals surface area contributed by atoms with E-state index in [1.807, 2.05) is 6.07 Å². The Morgan fingerprint density at radius 2 is 1.94 bits per heavy atom. The Labute approximate surface area is 190 Å². The van der Waals surface area contributed by atoms with Crippen LogP contribution in [0.5, 0.6) is 0 Å². The van der Waals surface area contributed by atoms with Gasteiger partial charge in [0, 0.05) is 16.5 Å². The van der Waals surface area contributed by atoms with E-state index >= 15 is 0 Å². The predicted octanol–water partition coefficient (Wildman–Crippen LogP) is 1.42. The third-order valence-corrected chi connectivity index (χ3v) is 6.93. The first-order valence-electron chi connectivity index (χ1n) is 10.3. The van der Waals surface area contributed by atoms with Gasteiger partial charge in [0.15, 0.2) is 0 Å². The summed E-state index contributed by atoms with van der Waals surface area (Å²) in [6.45, 7) is 7.13. The molecule has 2 amide bonds. The topological polar surface area (TPSA) is 125 Å². The molecule has 10 heteroatoms. The van der Waals surface area contributed by atoms with E-state index in [9.17, 15) is 24.3 Å². The van der Waals surface area contributed by atoms with Crippen molar-refractivity contribution in [3.05, 3.63) is 47.7 Å². The third kappa shape index (κ3) is 4.59. The van der Waals surface area contributed by atoms with Gasteiger partial charge in [-0.3, -0.25) is 9.59 Å². The minimum absolute atomic E-state index is 0.234. The lowest BCUT2D eigenvalue weighted by Gasteiger charge is -2.44. The number of hydrogen-bond donors (Lipinski definition) is 3. The molecule has 2 aliphatic rings. The molecule has 172 valence electrons. The smallest absolute Gasteiger partial charge is 0.332 e. The highest BCUT2D eigenvalue weighted by atomic mass is 32.2. The van der Waals surface area contributed by atoms with E-state index in [1.165, 1.54) is 22.7 Å². The van der Waals surface area contributed by atoms with E-state index in [1.54, 1.807) is 52.0 Å².